The van der Waals surface area contributed by atoms with Crippen molar-refractivity contribution in [3.63, 3.8) is 0 Å². The molecule has 0 radical (unpaired) electrons. The fraction of sp³-hybridized carbons (Fsp3) is 0.800. The first-order valence-corrected chi connectivity index (χ1v) is 7.81. The zero-order valence-corrected chi connectivity index (χ0v) is 13.7. The number of hydrogen-bond acceptors (Lipinski definition) is 3. The van der Waals surface area contributed by atoms with Crippen LogP contribution in [0.25, 0.3) is 0 Å². The Kier molecular flexibility index (Phi) is 4.96. The van der Waals surface area contributed by atoms with Crippen LogP contribution < -0.4 is 5.32 Å². The first kappa shape index (κ1) is 15.6. The highest BCUT2D eigenvalue weighted by molar-refractivity contribution is 7.09. The van der Waals surface area contributed by atoms with Crippen LogP contribution in [0.5, 0.6) is 0 Å². The summed E-state index contributed by atoms with van der Waals surface area (Å²) in [5.41, 5.74) is 1.33. The predicted molar refractivity (Wildman–Crippen MR) is 81.3 cm³/mol. The lowest BCUT2D eigenvalue weighted by Gasteiger charge is -2.33. The molecule has 1 heterocycles. The van der Waals surface area contributed by atoms with Gasteiger partial charge in [0.1, 0.15) is 5.01 Å². The lowest BCUT2D eigenvalue weighted by molar-refractivity contribution is 0.264. The van der Waals surface area contributed by atoms with Crippen LogP contribution in [0.3, 0.4) is 0 Å². The second-order valence-corrected chi connectivity index (χ2v) is 7.43. The van der Waals surface area contributed by atoms with Crippen LogP contribution in [0.4, 0.5) is 0 Å². The molecule has 0 aliphatic rings. The van der Waals surface area contributed by atoms with Crippen LogP contribution in [0.15, 0.2) is 5.38 Å². The zero-order chi connectivity index (χ0) is 14.0. The van der Waals surface area contributed by atoms with Crippen molar-refractivity contribution >= 4 is 11.3 Å². The topological polar surface area (TPSA) is 24.9 Å². The Morgan fingerprint density at radius 3 is 2.28 bits per heavy atom. The molecular formula is C15H28N2S. The van der Waals surface area contributed by atoms with Gasteiger partial charge in [0.05, 0.1) is 11.2 Å². The Morgan fingerprint density at radius 2 is 1.89 bits per heavy atom. The molecule has 0 amide bonds. The minimum absolute atomic E-state index is 0.00975. The van der Waals surface area contributed by atoms with Crippen LogP contribution in [0.1, 0.15) is 65.6 Å². The lowest BCUT2D eigenvalue weighted by atomic mass is 9.88. The third-order valence-electron chi connectivity index (χ3n) is 3.61. The molecule has 1 aromatic heterocycles. The van der Waals surface area contributed by atoms with Crippen molar-refractivity contribution in [3.8, 4) is 0 Å². The molecule has 1 unspecified atom stereocenters. The third kappa shape index (κ3) is 3.33. The van der Waals surface area contributed by atoms with E-state index in [1.165, 1.54) is 10.7 Å². The van der Waals surface area contributed by atoms with Crippen molar-refractivity contribution in [3.05, 3.63) is 16.1 Å². The Bertz CT molecular complexity index is 376. The maximum absolute atomic E-state index is 4.88. The summed E-state index contributed by atoms with van der Waals surface area (Å²) < 4.78 is 0. The molecule has 104 valence electrons. The van der Waals surface area contributed by atoms with E-state index in [0.29, 0.717) is 5.92 Å². The molecule has 1 aromatic rings. The second kappa shape index (κ2) is 5.70. The van der Waals surface area contributed by atoms with E-state index in [-0.39, 0.29) is 11.0 Å². The van der Waals surface area contributed by atoms with E-state index in [1.807, 2.05) is 0 Å². The Morgan fingerprint density at radius 1 is 1.28 bits per heavy atom. The molecule has 0 bridgehead atoms. The van der Waals surface area contributed by atoms with Crippen molar-refractivity contribution in [2.45, 2.75) is 65.8 Å². The highest BCUT2D eigenvalue weighted by atomic mass is 32.1. The van der Waals surface area contributed by atoms with Gasteiger partial charge < -0.3 is 5.32 Å². The van der Waals surface area contributed by atoms with Gasteiger partial charge >= 0.3 is 0 Å². The fourth-order valence-electron chi connectivity index (χ4n) is 1.77. The average molecular weight is 268 g/mol. The molecule has 0 saturated heterocycles. The number of nitrogens with one attached hydrogen (secondary N) is 1. The highest BCUT2D eigenvalue weighted by Gasteiger charge is 2.33. The molecule has 1 rings (SSSR count). The van der Waals surface area contributed by atoms with Gasteiger partial charge in [-0.2, -0.15) is 0 Å². The van der Waals surface area contributed by atoms with E-state index in [2.05, 4.69) is 59.2 Å². The molecule has 0 aliphatic heterocycles. The summed E-state index contributed by atoms with van der Waals surface area (Å²) >= 11 is 1.79. The van der Waals surface area contributed by atoms with Crippen molar-refractivity contribution in [2.75, 3.05) is 6.54 Å². The molecule has 0 spiro atoms. The molecule has 0 fully saturated rings. The molecule has 1 N–H and O–H groups in total. The van der Waals surface area contributed by atoms with Gasteiger partial charge in [-0.3, -0.25) is 0 Å². The SMILES string of the molecule is CCCNC(C)(c1nc(C(C)(C)C)cs1)C(C)C. The quantitative estimate of drug-likeness (QED) is 0.860. The van der Waals surface area contributed by atoms with E-state index >= 15 is 0 Å². The molecule has 0 aliphatic carbocycles. The smallest absolute Gasteiger partial charge is 0.113 e. The maximum Gasteiger partial charge on any atom is 0.113 e. The number of hydrogen-bond donors (Lipinski definition) is 1. The van der Waals surface area contributed by atoms with Crippen LogP contribution in [0, 0.1) is 5.92 Å². The van der Waals surface area contributed by atoms with E-state index < -0.39 is 0 Å². The number of nitrogens with zero attached hydrogens (tertiary/aromatic N) is 1. The zero-order valence-electron chi connectivity index (χ0n) is 12.9. The molecule has 2 nitrogen and oxygen atoms in total. The van der Waals surface area contributed by atoms with Gasteiger partial charge in [-0.05, 0) is 25.8 Å². The summed E-state index contributed by atoms with van der Waals surface area (Å²) in [5, 5.41) is 7.10. The fourth-order valence-corrected chi connectivity index (χ4v) is 3.10. The summed E-state index contributed by atoms with van der Waals surface area (Å²) in [6.07, 6.45) is 1.15. The van der Waals surface area contributed by atoms with E-state index in [0.717, 1.165) is 13.0 Å². The first-order valence-electron chi connectivity index (χ1n) is 6.93. The van der Waals surface area contributed by atoms with Crippen molar-refractivity contribution in [1.82, 2.24) is 10.3 Å². The van der Waals surface area contributed by atoms with Crippen molar-refractivity contribution in [1.29, 1.82) is 0 Å². The molecule has 3 heteroatoms. The summed E-state index contributed by atoms with van der Waals surface area (Å²) in [4.78, 5) is 4.88. The molecular weight excluding hydrogens is 240 g/mol. The van der Waals surface area contributed by atoms with Crippen molar-refractivity contribution < 1.29 is 0 Å². The summed E-state index contributed by atoms with van der Waals surface area (Å²) in [5.74, 6) is 0.531. The number of aromatic nitrogens is 1. The van der Waals surface area contributed by atoms with Crippen LogP contribution in [0.2, 0.25) is 0 Å². The first-order chi connectivity index (χ1) is 8.21. The van der Waals surface area contributed by atoms with Gasteiger partial charge in [-0.25, -0.2) is 4.98 Å². The van der Waals surface area contributed by atoms with Crippen molar-refractivity contribution in [2.24, 2.45) is 5.92 Å². The normalized spacial score (nSPS) is 16.0. The number of thiazole rings is 1. The molecule has 18 heavy (non-hydrogen) atoms. The molecule has 0 aromatic carbocycles. The summed E-state index contributed by atoms with van der Waals surface area (Å²) in [6.45, 7) is 16.7. The van der Waals surface area contributed by atoms with E-state index in [4.69, 9.17) is 4.98 Å². The van der Waals surface area contributed by atoms with Crippen LogP contribution in [-0.4, -0.2) is 11.5 Å². The Labute approximate surface area is 116 Å². The van der Waals surface area contributed by atoms with Gasteiger partial charge in [0.15, 0.2) is 0 Å². The predicted octanol–water partition coefficient (Wildman–Crippen LogP) is 4.31. The monoisotopic (exact) mass is 268 g/mol. The Hall–Kier alpha value is -0.410. The lowest BCUT2D eigenvalue weighted by Crippen LogP contribution is -2.44. The highest BCUT2D eigenvalue weighted by Crippen LogP contribution is 2.34. The summed E-state index contributed by atoms with van der Waals surface area (Å²) in [6, 6.07) is 0. The van der Waals surface area contributed by atoms with Crippen LogP contribution in [-0.2, 0) is 11.0 Å². The maximum atomic E-state index is 4.88. The van der Waals surface area contributed by atoms with Gasteiger partial charge in [-0.1, -0.05) is 41.5 Å². The molecule has 0 saturated carbocycles. The minimum atomic E-state index is -0.00975. The van der Waals surface area contributed by atoms with Crippen LogP contribution >= 0.6 is 11.3 Å². The van der Waals surface area contributed by atoms with Gasteiger partial charge in [0.25, 0.3) is 0 Å². The Balaban J connectivity index is 3.03. The molecule has 1 atom stereocenters. The van der Waals surface area contributed by atoms with E-state index in [1.54, 1.807) is 11.3 Å². The average Bonchev–Trinajstić information content (AvgIpc) is 2.74. The standard InChI is InChI=1S/C15H28N2S/c1-8-9-16-15(7,11(2)3)13-17-12(10-18-13)14(4,5)6/h10-11,16H,8-9H2,1-7H3. The van der Waals surface area contributed by atoms with Gasteiger partial charge in [-0.15, -0.1) is 11.3 Å². The van der Waals surface area contributed by atoms with E-state index in [9.17, 15) is 0 Å². The third-order valence-corrected chi connectivity index (χ3v) is 4.69. The summed E-state index contributed by atoms with van der Waals surface area (Å²) in [7, 11) is 0. The van der Waals surface area contributed by atoms with Gasteiger partial charge in [0.2, 0.25) is 0 Å². The van der Waals surface area contributed by atoms with Gasteiger partial charge in [0, 0.05) is 10.8 Å². The number of rotatable bonds is 5. The second-order valence-electron chi connectivity index (χ2n) is 6.57. The largest absolute Gasteiger partial charge is 0.305 e. The minimum Gasteiger partial charge on any atom is -0.305 e.